The largest absolute Gasteiger partial charge is 0.497 e. The fraction of sp³-hybridized carbons (Fsp3) is 0.360. The summed E-state index contributed by atoms with van der Waals surface area (Å²) in [5, 5.41) is 13.9. The summed E-state index contributed by atoms with van der Waals surface area (Å²) in [6.45, 7) is 2.87. The first-order chi connectivity index (χ1) is 16.4. The van der Waals surface area contributed by atoms with Gasteiger partial charge in [-0.2, -0.15) is 4.98 Å². The maximum Gasteiger partial charge on any atom is 0.236 e. The number of ether oxygens (including phenoxy) is 4. The van der Waals surface area contributed by atoms with Gasteiger partial charge in [0.2, 0.25) is 5.88 Å². The van der Waals surface area contributed by atoms with E-state index in [2.05, 4.69) is 15.3 Å². The van der Waals surface area contributed by atoms with Crippen LogP contribution in [0.3, 0.4) is 0 Å². The number of aliphatic hydroxyl groups is 1. The van der Waals surface area contributed by atoms with Crippen LogP contribution in [-0.2, 0) is 6.42 Å². The van der Waals surface area contributed by atoms with Crippen molar-refractivity contribution >= 4 is 11.6 Å². The lowest BCUT2D eigenvalue weighted by atomic mass is 10.1. The summed E-state index contributed by atoms with van der Waals surface area (Å²) in [7, 11) is 4.83. The molecule has 2 aromatic carbocycles. The molecule has 0 spiro atoms. The molecular formula is C25H30ClN3O5. The third-order valence-corrected chi connectivity index (χ3v) is 5.60. The molecule has 0 aliphatic carbocycles. The Bertz CT molecular complexity index is 1080. The molecule has 0 unspecified atom stereocenters. The van der Waals surface area contributed by atoms with Gasteiger partial charge in [-0.05, 0) is 61.9 Å². The number of nitrogens with zero attached hydrogens (tertiary/aromatic N) is 2. The summed E-state index contributed by atoms with van der Waals surface area (Å²) in [4.78, 5) is 8.88. The van der Waals surface area contributed by atoms with Crippen molar-refractivity contribution in [2.45, 2.75) is 19.4 Å². The number of benzene rings is 2. The van der Waals surface area contributed by atoms with Crippen molar-refractivity contribution in [1.82, 2.24) is 15.3 Å². The summed E-state index contributed by atoms with van der Waals surface area (Å²) in [5.41, 5.74) is 2.51. The van der Waals surface area contributed by atoms with E-state index in [1.807, 2.05) is 42.5 Å². The Hall–Kier alpha value is -3.07. The number of nitrogens with one attached hydrogen (secondary N) is 1. The first-order valence-electron chi connectivity index (χ1n) is 10.9. The summed E-state index contributed by atoms with van der Waals surface area (Å²) < 4.78 is 21.5. The average molecular weight is 488 g/mol. The molecule has 0 saturated heterocycles. The van der Waals surface area contributed by atoms with Crippen molar-refractivity contribution in [2.75, 3.05) is 41.0 Å². The molecule has 0 radical (unpaired) electrons. The molecule has 34 heavy (non-hydrogen) atoms. The smallest absolute Gasteiger partial charge is 0.236 e. The molecule has 9 heteroatoms. The zero-order chi connectivity index (χ0) is 24.5. The van der Waals surface area contributed by atoms with Crippen molar-refractivity contribution in [3.8, 4) is 34.5 Å². The number of aryl methyl sites for hydroxylation is 1. The van der Waals surface area contributed by atoms with E-state index in [1.54, 1.807) is 28.3 Å². The van der Waals surface area contributed by atoms with E-state index in [-0.39, 0.29) is 12.5 Å². The van der Waals surface area contributed by atoms with Gasteiger partial charge in [0, 0.05) is 12.1 Å². The van der Waals surface area contributed by atoms with Gasteiger partial charge in [0.25, 0.3) is 0 Å². The van der Waals surface area contributed by atoms with Crippen molar-refractivity contribution in [2.24, 2.45) is 0 Å². The third-order valence-electron chi connectivity index (χ3n) is 5.17. The summed E-state index contributed by atoms with van der Waals surface area (Å²) in [6.07, 6.45) is 0.0389. The molecule has 8 nitrogen and oxygen atoms in total. The third kappa shape index (κ3) is 6.72. The first-order valence-corrected chi connectivity index (χ1v) is 11.2. The van der Waals surface area contributed by atoms with E-state index in [9.17, 15) is 5.11 Å². The molecule has 182 valence electrons. The molecule has 0 aliphatic heterocycles. The Morgan fingerprint density at radius 3 is 2.38 bits per heavy atom. The van der Waals surface area contributed by atoms with Gasteiger partial charge in [-0.25, -0.2) is 4.98 Å². The van der Waals surface area contributed by atoms with Crippen LogP contribution in [0, 0.1) is 6.92 Å². The molecule has 0 bridgehead atoms. The highest BCUT2D eigenvalue weighted by Gasteiger charge is 2.15. The van der Waals surface area contributed by atoms with Gasteiger partial charge in [-0.1, -0.05) is 17.7 Å². The van der Waals surface area contributed by atoms with Gasteiger partial charge in [0.1, 0.15) is 23.5 Å². The molecule has 0 fully saturated rings. The van der Waals surface area contributed by atoms with Gasteiger partial charge in [0.05, 0.1) is 27.0 Å². The van der Waals surface area contributed by atoms with E-state index in [0.717, 1.165) is 23.3 Å². The summed E-state index contributed by atoms with van der Waals surface area (Å²) in [6, 6.07) is 13.2. The van der Waals surface area contributed by atoms with Crippen molar-refractivity contribution in [3.05, 3.63) is 58.7 Å². The average Bonchev–Trinajstić information content (AvgIpc) is 2.87. The molecule has 3 rings (SSSR count). The van der Waals surface area contributed by atoms with Gasteiger partial charge < -0.3 is 29.4 Å². The van der Waals surface area contributed by atoms with Crippen LogP contribution in [-0.4, -0.2) is 62.2 Å². The zero-order valence-corrected chi connectivity index (χ0v) is 20.6. The van der Waals surface area contributed by atoms with Gasteiger partial charge in [-0.3, -0.25) is 0 Å². The number of aliphatic hydroxyl groups excluding tert-OH is 1. The van der Waals surface area contributed by atoms with Crippen molar-refractivity contribution < 1.29 is 24.1 Å². The lowest BCUT2D eigenvalue weighted by molar-refractivity contribution is 0.104. The quantitative estimate of drug-likeness (QED) is 0.373. The number of methoxy groups -OCH3 is 3. The minimum atomic E-state index is -0.735. The molecular weight excluding hydrogens is 458 g/mol. The number of rotatable bonds is 12. The standard InChI is InChI=1S/C25H30ClN3O5/c1-16-23(26)25(29-24(28-16)18-6-8-20(31-2)9-7-18)34-15-19(30)14-27-12-11-17-5-10-21(32-3)22(13-17)33-4/h5-10,13,19,27,30H,11-12,14-15H2,1-4H3/t19-/m0/s1. The number of halogens is 1. The van der Waals surface area contributed by atoms with E-state index < -0.39 is 6.10 Å². The highest BCUT2D eigenvalue weighted by Crippen LogP contribution is 2.29. The molecule has 1 heterocycles. The maximum atomic E-state index is 10.3. The molecule has 0 amide bonds. The summed E-state index contributed by atoms with van der Waals surface area (Å²) in [5.74, 6) is 2.86. The van der Waals surface area contributed by atoms with Crippen LogP contribution in [0.4, 0.5) is 0 Å². The Morgan fingerprint density at radius 2 is 1.71 bits per heavy atom. The van der Waals surface area contributed by atoms with Crippen LogP contribution in [0.2, 0.25) is 5.02 Å². The maximum absolute atomic E-state index is 10.3. The van der Waals surface area contributed by atoms with Crippen LogP contribution in [0.25, 0.3) is 11.4 Å². The fourth-order valence-electron chi connectivity index (χ4n) is 3.27. The van der Waals surface area contributed by atoms with E-state index in [0.29, 0.717) is 41.1 Å². The van der Waals surface area contributed by atoms with Crippen molar-refractivity contribution in [3.63, 3.8) is 0 Å². The SMILES string of the molecule is COc1ccc(-c2nc(C)c(Cl)c(OC[C@@H](O)CNCCc3ccc(OC)c(OC)c3)n2)cc1. The lowest BCUT2D eigenvalue weighted by Gasteiger charge is -2.15. The van der Waals surface area contributed by atoms with Gasteiger partial charge in [-0.15, -0.1) is 0 Å². The normalized spacial score (nSPS) is 11.7. The molecule has 3 aromatic rings. The predicted molar refractivity (Wildman–Crippen MR) is 131 cm³/mol. The van der Waals surface area contributed by atoms with Crippen LogP contribution in [0.15, 0.2) is 42.5 Å². The van der Waals surface area contributed by atoms with Crippen LogP contribution >= 0.6 is 11.6 Å². The Morgan fingerprint density at radius 1 is 0.971 bits per heavy atom. The first kappa shape index (κ1) is 25.6. The van der Waals surface area contributed by atoms with Crippen LogP contribution < -0.4 is 24.3 Å². The number of hydrogen-bond donors (Lipinski definition) is 2. The van der Waals surface area contributed by atoms with Crippen molar-refractivity contribution in [1.29, 1.82) is 0 Å². The fourth-order valence-corrected chi connectivity index (χ4v) is 3.41. The second kappa shape index (κ2) is 12.4. The Balaban J connectivity index is 1.51. The van der Waals surface area contributed by atoms with E-state index >= 15 is 0 Å². The Labute approximate surface area is 204 Å². The molecule has 2 N–H and O–H groups in total. The van der Waals surface area contributed by atoms with E-state index in [1.165, 1.54) is 0 Å². The number of hydrogen-bond acceptors (Lipinski definition) is 8. The highest BCUT2D eigenvalue weighted by atomic mass is 35.5. The highest BCUT2D eigenvalue weighted by molar-refractivity contribution is 6.32. The van der Waals surface area contributed by atoms with Gasteiger partial charge >= 0.3 is 0 Å². The van der Waals surface area contributed by atoms with Crippen LogP contribution in [0.5, 0.6) is 23.1 Å². The topological polar surface area (TPSA) is 95.0 Å². The minimum Gasteiger partial charge on any atom is -0.497 e. The molecule has 0 aliphatic rings. The zero-order valence-electron chi connectivity index (χ0n) is 19.8. The predicted octanol–water partition coefficient (Wildman–Crippen LogP) is 3.70. The molecule has 1 atom stereocenters. The molecule has 0 saturated carbocycles. The second-order valence-corrected chi connectivity index (χ2v) is 7.97. The lowest BCUT2D eigenvalue weighted by Crippen LogP contribution is -2.32. The number of aromatic nitrogens is 2. The summed E-state index contributed by atoms with van der Waals surface area (Å²) >= 11 is 6.34. The van der Waals surface area contributed by atoms with Gasteiger partial charge in [0.15, 0.2) is 17.3 Å². The monoisotopic (exact) mass is 487 g/mol. The van der Waals surface area contributed by atoms with E-state index in [4.69, 9.17) is 30.5 Å². The Kier molecular flexibility index (Phi) is 9.33. The van der Waals surface area contributed by atoms with Crippen LogP contribution in [0.1, 0.15) is 11.3 Å². The molecule has 1 aromatic heterocycles. The second-order valence-electron chi connectivity index (χ2n) is 7.59. The minimum absolute atomic E-state index is 0.0432.